The zero-order valence-corrected chi connectivity index (χ0v) is 16.1. The monoisotopic (exact) mass is 342 g/mol. The van der Waals surface area contributed by atoms with Crippen molar-refractivity contribution in [2.45, 2.75) is 110 Å². The Kier molecular flexibility index (Phi) is 16.0. The van der Waals surface area contributed by atoms with Crippen LogP contribution in [0.5, 0.6) is 0 Å². The molecule has 0 N–H and O–H groups in total. The Morgan fingerprint density at radius 1 is 0.708 bits per heavy atom. The van der Waals surface area contributed by atoms with Gasteiger partial charge in [0.25, 0.3) is 0 Å². The summed E-state index contributed by atoms with van der Waals surface area (Å²) in [5, 5.41) is 0. The molecule has 0 amide bonds. The summed E-state index contributed by atoms with van der Waals surface area (Å²) in [6.07, 6.45) is 13.0. The molecule has 0 radical (unpaired) electrons. The molecule has 0 bridgehead atoms. The molecule has 0 aliphatic carbocycles. The van der Waals surface area contributed by atoms with E-state index < -0.39 is 11.9 Å². The number of carbonyl (C=O) groups is 2. The highest BCUT2D eigenvalue weighted by molar-refractivity contribution is 5.91. The average molecular weight is 343 g/mol. The van der Waals surface area contributed by atoms with Crippen LogP contribution in [0.2, 0.25) is 0 Å². The third kappa shape index (κ3) is 14.5. The Morgan fingerprint density at radius 2 is 1.25 bits per heavy atom. The van der Waals surface area contributed by atoms with E-state index in [1.54, 1.807) is 0 Å². The standard InChI is InChI=1S/C20H38O4/c1-4-7-8-9-10-11-12-13-16-23-19(21)17-20(22)24-18(14-5-2)15-6-3/h18H,4-17H2,1-3H3. The van der Waals surface area contributed by atoms with E-state index >= 15 is 0 Å². The van der Waals surface area contributed by atoms with Crippen LogP contribution in [-0.4, -0.2) is 24.6 Å². The lowest BCUT2D eigenvalue weighted by Crippen LogP contribution is -2.21. The molecule has 0 saturated heterocycles. The molecule has 0 spiro atoms. The van der Waals surface area contributed by atoms with Crippen LogP contribution in [0.4, 0.5) is 0 Å². The number of ether oxygens (including phenoxy) is 2. The first-order valence-electron chi connectivity index (χ1n) is 9.99. The van der Waals surface area contributed by atoms with Crippen LogP contribution in [0.3, 0.4) is 0 Å². The van der Waals surface area contributed by atoms with E-state index in [1.165, 1.54) is 38.5 Å². The summed E-state index contributed by atoms with van der Waals surface area (Å²) in [6.45, 7) is 6.76. The maximum Gasteiger partial charge on any atom is 0.317 e. The molecule has 0 aliphatic heterocycles. The van der Waals surface area contributed by atoms with Crippen LogP contribution in [-0.2, 0) is 19.1 Å². The number of hydrogen-bond acceptors (Lipinski definition) is 4. The van der Waals surface area contributed by atoms with Crippen LogP contribution >= 0.6 is 0 Å². The highest BCUT2D eigenvalue weighted by Crippen LogP contribution is 2.11. The van der Waals surface area contributed by atoms with Gasteiger partial charge in [-0.2, -0.15) is 0 Å². The van der Waals surface area contributed by atoms with Gasteiger partial charge in [0.05, 0.1) is 6.61 Å². The summed E-state index contributed by atoms with van der Waals surface area (Å²) in [4.78, 5) is 23.4. The van der Waals surface area contributed by atoms with E-state index in [4.69, 9.17) is 9.47 Å². The first-order chi connectivity index (χ1) is 11.6. The Labute approximate surface area is 148 Å². The molecule has 0 aromatic rings. The lowest BCUT2D eigenvalue weighted by atomic mass is 10.1. The highest BCUT2D eigenvalue weighted by atomic mass is 16.6. The first-order valence-corrected chi connectivity index (χ1v) is 9.99. The number of hydrogen-bond donors (Lipinski definition) is 0. The highest BCUT2D eigenvalue weighted by Gasteiger charge is 2.16. The molecule has 0 aliphatic rings. The Bertz CT molecular complexity index is 309. The minimum Gasteiger partial charge on any atom is -0.465 e. The molecule has 4 nitrogen and oxygen atoms in total. The molecule has 0 unspecified atom stereocenters. The van der Waals surface area contributed by atoms with Crippen LogP contribution in [0, 0.1) is 0 Å². The van der Waals surface area contributed by atoms with Gasteiger partial charge in [-0.05, 0) is 19.3 Å². The number of carbonyl (C=O) groups excluding carboxylic acids is 2. The lowest BCUT2D eigenvalue weighted by Gasteiger charge is -2.16. The quantitative estimate of drug-likeness (QED) is 0.209. The van der Waals surface area contributed by atoms with Gasteiger partial charge in [0.1, 0.15) is 12.5 Å². The summed E-state index contributed by atoms with van der Waals surface area (Å²) >= 11 is 0. The lowest BCUT2D eigenvalue weighted by molar-refractivity contribution is -0.158. The van der Waals surface area contributed by atoms with Crippen molar-refractivity contribution in [3.8, 4) is 0 Å². The molecule has 142 valence electrons. The fourth-order valence-electron chi connectivity index (χ4n) is 2.72. The fourth-order valence-corrected chi connectivity index (χ4v) is 2.72. The molecule has 0 fully saturated rings. The first kappa shape index (κ1) is 22.9. The van der Waals surface area contributed by atoms with Crippen LogP contribution in [0.1, 0.15) is 104 Å². The molecule has 0 rings (SSSR count). The topological polar surface area (TPSA) is 52.6 Å². The second-order valence-electron chi connectivity index (χ2n) is 6.56. The Morgan fingerprint density at radius 3 is 1.79 bits per heavy atom. The maximum absolute atomic E-state index is 11.8. The maximum atomic E-state index is 11.8. The molecular weight excluding hydrogens is 304 g/mol. The van der Waals surface area contributed by atoms with Crippen molar-refractivity contribution in [3.63, 3.8) is 0 Å². The van der Waals surface area contributed by atoms with E-state index in [0.29, 0.717) is 6.61 Å². The summed E-state index contributed by atoms with van der Waals surface area (Å²) < 4.78 is 10.5. The predicted molar refractivity (Wildman–Crippen MR) is 97.9 cm³/mol. The van der Waals surface area contributed by atoms with E-state index in [1.807, 2.05) is 0 Å². The van der Waals surface area contributed by atoms with Crippen molar-refractivity contribution in [1.29, 1.82) is 0 Å². The molecule has 0 atom stereocenters. The van der Waals surface area contributed by atoms with E-state index in [0.717, 1.165) is 38.5 Å². The second-order valence-corrected chi connectivity index (χ2v) is 6.56. The van der Waals surface area contributed by atoms with Gasteiger partial charge in [0.2, 0.25) is 0 Å². The molecule has 4 heteroatoms. The van der Waals surface area contributed by atoms with Gasteiger partial charge in [-0.15, -0.1) is 0 Å². The molecule has 0 heterocycles. The fraction of sp³-hybridized carbons (Fsp3) is 0.900. The van der Waals surface area contributed by atoms with Gasteiger partial charge < -0.3 is 9.47 Å². The van der Waals surface area contributed by atoms with Crippen molar-refractivity contribution in [1.82, 2.24) is 0 Å². The normalized spacial score (nSPS) is 10.8. The van der Waals surface area contributed by atoms with Crippen LogP contribution < -0.4 is 0 Å². The molecule has 24 heavy (non-hydrogen) atoms. The SMILES string of the molecule is CCCCCCCCCCOC(=O)CC(=O)OC(CCC)CCC. The van der Waals surface area contributed by atoms with Crippen molar-refractivity contribution >= 4 is 11.9 Å². The van der Waals surface area contributed by atoms with Gasteiger partial charge in [0, 0.05) is 0 Å². The molecule has 0 aromatic carbocycles. The van der Waals surface area contributed by atoms with Crippen molar-refractivity contribution < 1.29 is 19.1 Å². The van der Waals surface area contributed by atoms with Gasteiger partial charge in [0.15, 0.2) is 0 Å². The van der Waals surface area contributed by atoms with Crippen molar-refractivity contribution in [2.24, 2.45) is 0 Å². The smallest absolute Gasteiger partial charge is 0.317 e. The van der Waals surface area contributed by atoms with E-state index in [2.05, 4.69) is 20.8 Å². The third-order valence-corrected chi connectivity index (χ3v) is 4.07. The summed E-state index contributed by atoms with van der Waals surface area (Å²) in [5.74, 6) is -0.919. The number of rotatable bonds is 16. The average Bonchev–Trinajstić information content (AvgIpc) is 2.53. The summed E-state index contributed by atoms with van der Waals surface area (Å²) in [5.41, 5.74) is 0. The van der Waals surface area contributed by atoms with E-state index in [9.17, 15) is 9.59 Å². The zero-order valence-electron chi connectivity index (χ0n) is 16.1. The predicted octanol–water partition coefficient (Wildman–Crippen LogP) is 5.57. The summed E-state index contributed by atoms with van der Waals surface area (Å²) in [6, 6.07) is 0. The number of unbranched alkanes of at least 4 members (excludes halogenated alkanes) is 7. The molecule has 0 aromatic heterocycles. The molecular formula is C20H38O4. The minimum absolute atomic E-state index is 0.0620. The number of esters is 2. The van der Waals surface area contributed by atoms with Gasteiger partial charge in [-0.25, -0.2) is 0 Å². The van der Waals surface area contributed by atoms with Crippen LogP contribution in [0.25, 0.3) is 0 Å². The van der Waals surface area contributed by atoms with Gasteiger partial charge in [-0.1, -0.05) is 78.6 Å². The van der Waals surface area contributed by atoms with Crippen LogP contribution in [0.15, 0.2) is 0 Å². The minimum atomic E-state index is -0.463. The zero-order chi connectivity index (χ0) is 18.0. The van der Waals surface area contributed by atoms with Crippen molar-refractivity contribution in [2.75, 3.05) is 6.61 Å². The Balaban J connectivity index is 3.61. The van der Waals surface area contributed by atoms with Crippen molar-refractivity contribution in [3.05, 3.63) is 0 Å². The Hall–Kier alpha value is -1.06. The van der Waals surface area contributed by atoms with E-state index in [-0.39, 0.29) is 12.5 Å². The molecule has 0 saturated carbocycles. The van der Waals surface area contributed by atoms with Gasteiger partial charge >= 0.3 is 11.9 Å². The third-order valence-electron chi connectivity index (χ3n) is 4.07. The largest absolute Gasteiger partial charge is 0.465 e. The summed E-state index contributed by atoms with van der Waals surface area (Å²) in [7, 11) is 0. The van der Waals surface area contributed by atoms with Gasteiger partial charge in [-0.3, -0.25) is 9.59 Å². The second kappa shape index (κ2) is 16.8.